The van der Waals surface area contributed by atoms with Crippen LogP contribution in [0.1, 0.15) is 6.42 Å². The highest BCUT2D eigenvalue weighted by molar-refractivity contribution is 5.72. The van der Waals surface area contributed by atoms with Gasteiger partial charge in [0.1, 0.15) is 0 Å². The van der Waals surface area contributed by atoms with E-state index >= 15 is 0 Å². The molecule has 1 atom stereocenters. The summed E-state index contributed by atoms with van der Waals surface area (Å²) in [6, 6.07) is 0.662. The average Bonchev–Trinajstić information content (AvgIpc) is 2.49. The van der Waals surface area contributed by atoms with Crippen molar-refractivity contribution in [3.05, 3.63) is 0 Å². The van der Waals surface area contributed by atoms with E-state index in [2.05, 4.69) is 10.2 Å². The first-order valence-corrected chi connectivity index (χ1v) is 4.84. The minimum Gasteiger partial charge on any atom is -0.469 e. The number of ether oxygens (including phenoxy) is 1. The van der Waals surface area contributed by atoms with Crippen molar-refractivity contribution in [3.63, 3.8) is 0 Å². The number of nitrogens with one attached hydrogen (secondary N) is 1. The summed E-state index contributed by atoms with van der Waals surface area (Å²) in [6.45, 7) is 4.09. The van der Waals surface area contributed by atoms with Crippen LogP contribution in [0.3, 0.4) is 0 Å². The van der Waals surface area contributed by atoms with Gasteiger partial charge in [0, 0.05) is 25.7 Å². The molecule has 0 spiro atoms. The van der Waals surface area contributed by atoms with Crippen LogP contribution in [0.5, 0.6) is 0 Å². The Labute approximate surface area is 78.2 Å². The van der Waals surface area contributed by atoms with Crippen LogP contribution in [0.4, 0.5) is 0 Å². The van der Waals surface area contributed by atoms with Gasteiger partial charge in [-0.15, -0.1) is 0 Å². The predicted molar refractivity (Wildman–Crippen MR) is 48.4 cm³/mol. The quantitative estimate of drug-likeness (QED) is 0.585. The summed E-state index contributed by atoms with van der Waals surface area (Å²) in [4.78, 5) is 13.6. The summed E-state index contributed by atoms with van der Waals surface area (Å²) in [6.07, 6.45) is 0.961. The summed E-state index contributed by atoms with van der Waals surface area (Å²) in [7, 11) is 1.47. The number of carbonyl (C=O) groups excluding carboxylic acids is 1. The molecule has 2 aliphatic heterocycles. The monoisotopic (exact) mass is 184 g/mol. The lowest BCUT2D eigenvalue weighted by atomic mass is 10.1. The Morgan fingerprint density at radius 3 is 2.85 bits per heavy atom. The zero-order valence-electron chi connectivity index (χ0n) is 7.95. The van der Waals surface area contributed by atoms with Gasteiger partial charge in [-0.1, -0.05) is 0 Å². The maximum absolute atomic E-state index is 11.2. The Morgan fingerprint density at radius 1 is 1.54 bits per heavy atom. The van der Waals surface area contributed by atoms with Crippen molar-refractivity contribution in [2.75, 3.05) is 33.3 Å². The number of esters is 1. The van der Waals surface area contributed by atoms with Gasteiger partial charge >= 0.3 is 5.97 Å². The van der Waals surface area contributed by atoms with E-state index in [9.17, 15) is 4.79 Å². The van der Waals surface area contributed by atoms with Gasteiger partial charge in [0.15, 0.2) is 0 Å². The lowest BCUT2D eigenvalue weighted by molar-refractivity contribution is -0.145. The molecule has 0 aliphatic carbocycles. The van der Waals surface area contributed by atoms with E-state index in [-0.39, 0.29) is 11.9 Å². The Kier molecular flexibility index (Phi) is 2.51. The second-order valence-electron chi connectivity index (χ2n) is 3.82. The number of rotatable bonds is 2. The standard InChI is InChI=1S/C9H16N2O2/c1-13-9(12)7-2-3-11(6-7)8-4-10-5-8/h7-8,10H,2-6H2,1H3. The maximum Gasteiger partial charge on any atom is 0.310 e. The fourth-order valence-electron chi connectivity index (χ4n) is 2.01. The third-order valence-corrected chi connectivity index (χ3v) is 3.03. The molecule has 1 unspecified atom stereocenters. The second-order valence-corrected chi connectivity index (χ2v) is 3.82. The number of methoxy groups -OCH3 is 1. The SMILES string of the molecule is COC(=O)C1CCN(C2CNC2)C1. The lowest BCUT2D eigenvalue weighted by Crippen LogP contribution is -2.56. The summed E-state index contributed by atoms with van der Waals surface area (Å²) in [5.74, 6) is 0.0698. The van der Waals surface area contributed by atoms with Crippen molar-refractivity contribution in [3.8, 4) is 0 Å². The van der Waals surface area contributed by atoms with E-state index in [1.54, 1.807) is 0 Å². The molecule has 0 amide bonds. The Bertz CT molecular complexity index is 204. The highest BCUT2D eigenvalue weighted by Crippen LogP contribution is 2.20. The Morgan fingerprint density at radius 2 is 2.31 bits per heavy atom. The molecule has 0 saturated carbocycles. The molecule has 74 valence electrons. The largest absolute Gasteiger partial charge is 0.469 e. The van der Waals surface area contributed by atoms with Crippen LogP contribution in [0, 0.1) is 5.92 Å². The Hall–Kier alpha value is -0.610. The second kappa shape index (κ2) is 3.64. The summed E-state index contributed by atoms with van der Waals surface area (Å²) in [5.41, 5.74) is 0. The van der Waals surface area contributed by atoms with Crippen molar-refractivity contribution < 1.29 is 9.53 Å². The van der Waals surface area contributed by atoms with Crippen LogP contribution < -0.4 is 5.32 Å². The molecule has 0 radical (unpaired) electrons. The van der Waals surface area contributed by atoms with Crippen molar-refractivity contribution in [1.29, 1.82) is 0 Å². The van der Waals surface area contributed by atoms with E-state index in [1.165, 1.54) is 7.11 Å². The molecule has 2 aliphatic rings. The maximum atomic E-state index is 11.2. The number of carbonyl (C=O) groups is 1. The molecule has 0 aromatic heterocycles. The van der Waals surface area contributed by atoms with Crippen LogP contribution in [-0.2, 0) is 9.53 Å². The van der Waals surface area contributed by atoms with Gasteiger partial charge in [-0.25, -0.2) is 0 Å². The zero-order chi connectivity index (χ0) is 9.26. The number of likely N-dealkylation sites (tertiary alicyclic amines) is 1. The van der Waals surface area contributed by atoms with Gasteiger partial charge < -0.3 is 10.1 Å². The van der Waals surface area contributed by atoms with Crippen LogP contribution in [0.15, 0.2) is 0 Å². The zero-order valence-corrected chi connectivity index (χ0v) is 7.95. The van der Waals surface area contributed by atoms with Gasteiger partial charge in [-0.2, -0.15) is 0 Å². The minimum absolute atomic E-state index is 0.0465. The molecule has 2 saturated heterocycles. The lowest BCUT2D eigenvalue weighted by Gasteiger charge is -2.35. The molecule has 2 fully saturated rings. The van der Waals surface area contributed by atoms with Crippen molar-refractivity contribution in [2.24, 2.45) is 5.92 Å². The van der Waals surface area contributed by atoms with Crippen LogP contribution in [0.25, 0.3) is 0 Å². The first kappa shape index (κ1) is 8.97. The average molecular weight is 184 g/mol. The van der Waals surface area contributed by atoms with Gasteiger partial charge in [0.2, 0.25) is 0 Å². The molecule has 1 N–H and O–H groups in total. The summed E-state index contributed by atoms with van der Waals surface area (Å²) in [5, 5.41) is 3.24. The summed E-state index contributed by atoms with van der Waals surface area (Å²) >= 11 is 0. The van der Waals surface area contributed by atoms with Crippen LogP contribution >= 0.6 is 0 Å². The molecule has 2 rings (SSSR count). The number of hydrogen-bond acceptors (Lipinski definition) is 4. The fourth-order valence-corrected chi connectivity index (χ4v) is 2.01. The highest BCUT2D eigenvalue weighted by Gasteiger charge is 2.34. The molecular formula is C9H16N2O2. The normalized spacial score (nSPS) is 30.1. The Balaban J connectivity index is 1.82. The third-order valence-electron chi connectivity index (χ3n) is 3.03. The van der Waals surface area contributed by atoms with Gasteiger partial charge in [-0.3, -0.25) is 9.69 Å². The molecular weight excluding hydrogens is 168 g/mol. The molecule has 2 heterocycles. The fraction of sp³-hybridized carbons (Fsp3) is 0.889. The molecule has 0 aromatic carbocycles. The minimum atomic E-state index is -0.0465. The van der Waals surface area contributed by atoms with E-state index in [1.807, 2.05) is 0 Å². The number of nitrogens with zero attached hydrogens (tertiary/aromatic N) is 1. The molecule has 4 heteroatoms. The van der Waals surface area contributed by atoms with Gasteiger partial charge in [0.25, 0.3) is 0 Å². The molecule has 4 nitrogen and oxygen atoms in total. The van der Waals surface area contributed by atoms with E-state index < -0.39 is 0 Å². The van der Waals surface area contributed by atoms with E-state index in [0.717, 1.165) is 32.6 Å². The predicted octanol–water partition coefficient (Wildman–Crippen LogP) is -0.547. The van der Waals surface area contributed by atoms with Crippen molar-refractivity contribution in [1.82, 2.24) is 10.2 Å². The van der Waals surface area contributed by atoms with Gasteiger partial charge in [-0.05, 0) is 13.0 Å². The number of hydrogen-bond donors (Lipinski definition) is 1. The van der Waals surface area contributed by atoms with Crippen molar-refractivity contribution >= 4 is 5.97 Å². The smallest absolute Gasteiger partial charge is 0.310 e. The summed E-state index contributed by atoms with van der Waals surface area (Å²) < 4.78 is 4.73. The third kappa shape index (κ3) is 1.69. The first-order valence-electron chi connectivity index (χ1n) is 4.84. The van der Waals surface area contributed by atoms with E-state index in [4.69, 9.17) is 4.74 Å². The first-order chi connectivity index (χ1) is 6.31. The van der Waals surface area contributed by atoms with Gasteiger partial charge in [0.05, 0.1) is 13.0 Å². The molecule has 0 bridgehead atoms. The molecule has 0 aromatic rings. The van der Waals surface area contributed by atoms with Crippen molar-refractivity contribution in [2.45, 2.75) is 12.5 Å². The highest BCUT2D eigenvalue weighted by atomic mass is 16.5. The van der Waals surface area contributed by atoms with E-state index in [0.29, 0.717) is 6.04 Å². The molecule has 13 heavy (non-hydrogen) atoms. The topological polar surface area (TPSA) is 41.6 Å². The van der Waals surface area contributed by atoms with Crippen LogP contribution in [0.2, 0.25) is 0 Å². The van der Waals surface area contributed by atoms with Crippen LogP contribution in [-0.4, -0.2) is 50.2 Å².